The summed E-state index contributed by atoms with van der Waals surface area (Å²) in [4.78, 5) is 8.95. The zero-order chi connectivity index (χ0) is 18.8. The Morgan fingerprint density at radius 1 is 0.964 bits per heavy atom. The first-order chi connectivity index (χ1) is 13.9. The van der Waals surface area contributed by atoms with E-state index in [9.17, 15) is 0 Å². The Balaban J connectivity index is 1.40. The molecule has 1 atom stereocenters. The molecule has 0 spiro atoms. The third-order valence-electron chi connectivity index (χ3n) is 5.25. The first kappa shape index (κ1) is 16.7. The molecule has 0 aliphatic carbocycles. The van der Waals surface area contributed by atoms with E-state index in [0.29, 0.717) is 11.9 Å². The van der Waals surface area contributed by atoms with E-state index < -0.39 is 0 Å². The average Bonchev–Trinajstić information content (AvgIpc) is 3.36. The number of nitrogens with zero attached hydrogens (tertiary/aromatic N) is 5. The molecule has 2 aromatic carbocycles. The number of hydrogen-bond donors (Lipinski definition) is 1. The van der Waals surface area contributed by atoms with Crippen molar-refractivity contribution in [2.24, 2.45) is 0 Å². The average molecular weight is 370 g/mol. The van der Waals surface area contributed by atoms with Gasteiger partial charge in [-0.3, -0.25) is 0 Å². The maximum atomic E-state index is 4.86. The van der Waals surface area contributed by atoms with Gasteiger partial charge in [-0.1, -0.05) is 36.8 Å². The lowest BCUT2D eigenvalue weighted by atomic mass is 9.94. The molecule has 3 heterocycles. The topological polar surface area (TPSA) is 60.6 Å². The Hall–Kier alpha value is -3.41. The summed E-state index contributed by atoms with van der Waals surface area (Å²) in [6.45, 7) is 0.924. The highest BCUT2D eigenvalue weighted by Gasteiger charge is 2.24. The molecular weight excluding hydrogens is 348 g/mol. The fourth-order valence-electron chi connectivity index (χ4n) is 3.83. The van der Waals surface area contributed by atoms with Gasteiger partial charge in [0.25, 0.3) is 0 Å². The zero-order valence-electron chi connectivity index (χ0n) is 15.6. The van der Waals surface area contributed by atoms with Crippen molar-refractivity contribution in [3.63, 3.8) is 0 Å². The van der Waals surface area contributed by atoms with E-state index in [1.54, 1.807) is 12.5 Å². The van der Waals surface area contributed by atoms with Crippen molar-refractivity contribution >= 4 is 11.6 Å². The lowest BCUT2D eigenvalue weighted by Gasteiger charge is -2.13. The van der Waals surface area contributed by atoms with Crippen LogP contribution in [0.25, 0.3) is 5.69 Å². The number of benzene rings is 2. The Morgan fingerprint density at radius 3 is 2.61 bits per heavy atom. The predicted molar refractivity (Wildman–Crippen MR) is 109 cm³/mol. The van der Waals surface area contributed by atoms with Gasteiger partial charge in [0, 0.05) is 36.2 Å². The fourth-order valence-corrected chi connectivity index (χ4v) is 3.83. The van der Waals surface area contributed by atoms with Crippen molar-refractivity contribution in [3.8, 4) is 5.69 Å². The highest BCUT2D eigenvalue weighted by atomic mass is 15.4. The summed E-state index contributed by atoms with van der Waals surface area (Å²) in [6, 6.07) is 18.8. The Morgan fingerprint density at radius 2 is 1.82 bits per heavy atom. The summed E-state index contributed by atoms with van der Waals surface area (Å²) in [6.07, 6.45) is 8.95. The van der Waals surface area contributed by atoms with Crippen molar-refractivity contribution < 1.29 is 0 Å². The van der Waals surface area contributed by atoms with Gasteiger partial charge in [0.1, 0.15) is 5.82 Å². The number of imidazole rings is 1. The Bertz CT molecular complexity index is 1030. The largest absolute Gasteiger partial charge is 0.323 e. The van der Waals surface area contributed by atoms with E-state index in [-0.39, 0.29) is 0 Å². The van der Waals surface area contributed by atoms with Gasteiger partial charge in [-0.05, 0) is 42.7 Å². The van der Waals surface area contributed by atoms with Crippen LogP contribution < -0.4 is 5.32 Å². The third kappa shape index (κ3) is 3.29. The highest BCUT2D eigenvalue weighted by molar-refractivity contribution is 5.55. The fraction of sp³-hybridized carbons (Fsp3) is 0.227. The Labute approximate surface area is 163 Å². The highest BCUT2D eigenvalue weighted by Crippen LogP contribution is 2.32. The van der Waals surface area contributed by atoms with Crippen molar-refractivity contribution in [1.29, 1.82) is 0 Å². The SMILES string of the molecule is c1ccc(C2CCCCn3nc(Nc4ccc(-n5ccnc5)cc4)nc32)cc1. The minimum absolute atomic E-state index is 0.301. The van der Waals surface area contributed by atoms with Crippen LogP contribution >= 0.6 is 0 Å². The van der Waals surface area contributed by atoms with E-state index >= 15 is 0 Å². The van der Waals surface area contributed by atoms with Crippen LogP contribution in [0.1, 0.15) is 36.6 Å². The molecule has 1 aliphatic heterocycles. The molecule has 2 aromatic heterocycles. The molecule has 1 N–H and O–H groups in total. The van der Waals surface area contributed by atoms with Crippen molar-refractivity contribution in [2.75, 3.05) is 5.32 Å². The molecule has 140 valence electrons. The maximum absolute atomic E-state index is 4.86. The lowest BCUT2D eigenvalue weighted by Crippen LogP contribution is -2.08. The lowest BCUT2D eigenvalue weighted by molar-refractivity contribution is 0.576. The van der Waals surface area contributed by atoms with E-state index in [0.717, 1.165) is 36.6 Å². The van der Waals surface area contributed by atoms with E-state index in [4.69, 9.17) is 10.1 Å². The molecule has 1 aliphatic rings. The van der Waals surface area contributed by atoms with Gasteiger partial charge in [-0.15, -0.1) is 5.10 Å². The summed E-state index contributed by atoms with van der Waals surface area (Å²) < 4.78 is 4.05. The molecule has 5 rings (SSSR count). The summed E-state index contributed by atoms with van der Waals surface area (Å²) in [5.74, 6) is 2.02. The molecule has 0 bridgehead atoms. The summed E-state index contributed by atoms with van der Waals surface area (Å²) in [7, 11) is 0. The molecule has 1 unspecified atom stereocenters. The van der Waals surface area contributed by atoms with Crippen molar-refractivity contribution in [1.82, 2.24) is 24.3 Å². The number of fused-ring (bicyclic) bond motifs is 1. The number of aromatic nitrogens is 5. The van der Waals surface area contributed by atoms with Gasteiger partial charge < -0.3 is 9.88 Å². The third-order valence-corrected chi connectivity index (χ3v) is 5.25. The molecule has 6 nitrogen and oxygen atoms in total. The second-order valence-electron chi connectivity index (χ2n) is 7.12. The van der Waals surface area contributed by atoms with Crippen LogP contribution in [0.15, 0.2) is 73.3 Å². The molecule has 0 saturated heterocycles. The van der Waals surface area contributed by atoms with Crippen LogP contribution in [0.4, 0.5) is 11.6 Å². The van der Waals surface area contributed by atoms with Crippen LogP contribution in [0.2, 0.25) is 0 Å². The minimum atomic E-state index is 0.301. The molecule has 0 saturated carbocycles. The second-order valence-corrected chi connectivity index (χ2v) is 7.12. The summed E-state index contributed by atoms with van der Waals surface area (Å²) in [5.41, 5.74) is 3.36. The zero-order valence-corrected chi connectivity index (χ0v) is 15.6. The molecular formula is C22H22N6. The van der Waals surface area contributed by atoms with Gasteiger partial charge in [0.2, 0.25) is 5.95 Å². The van der Waals surface area contributed by atoms with E-state index in [1.807, 2.05) is 22.9 Å². The smallest absolute Gasteiger partial charge is 0.246 e. The number of aryl methyl sites for hydroxylation is 1. The second kappa shape index (κ2) is 7.31. The van der Waals surface area contributed by atoms with Crippen LogP contribution in [0.5, 0.6) is 0 Å². The van der Waals surface area contributed by atoms with Gasteiger partial charge in [0.15, 0.2) is 0 Å². The van der Waals surface area contributed by atoms with Crippen LogP contribution in [0, 0.1) is 0 Å². The standard InChI is InChI=1S/C22H22N6/c1-2-6-17(7-3-1)20-8-4-5-14-28-21(20)25-22(26-28)24-18-9-11-19(12-10-18)27-15-13-23-16-27/h1-3,6-7,9-13,15-16,20H,4-5,8,14H2,(H,24,26). The van der Waals surface area contributed by atoms with Gasteiger partial charge >= 0.3 is 0 Å². The molecule has 4 aromatic rings. The first-order valence-corrected chi connectivity index (χ1v) is 9.72. The molecule has 0 radical (unpaired) electrons. The van der Waals surface area contributed by atoms with E-state index in [2.05, 4.69) is 57.4 Å². The monoisotopic (exact) mass is 370 g/mol. The van der Waals surface area contributed by atoms with Crippen molar-refractivity contribution in [3.05, 3.63) is 84.7 Å². The molecule has 0 fully saturated rings. The van der Waals surface area contributed by atoms with Gasteiger partial charge in [-0.25, -0.2) is 9.67 Å². The first-order valence-electron chi connectivity index (χ1n) is 9.72. The van der Waals surface area contributed by atoms with Crippen LogP contribution in [-0.4, -0.2) is 24.3 Å². The molecule has 28 heavy (non-hydrogen) atoms. The number of rotatable bonds is 4. The quantitative estimate of drug-likeness (QED) is 0.574. The predicted octanol–water partition coefficient (Wildman–Crippen LogP) is 4.52. The normalized spacial score (nSPS) is 16.4. The van der Waals surface area contributed by atoms with E-state index in [1.165, 1.54) is 12.0 Å². The number of anilines is 2. The van der Waals surface area contributed by atoms with Gasteiger partial charge in [-0.2, -0.15) is 4.98 Å². The Kier molecular flexibility index (Phi) is 4.37. The number of hydrogen-bond acceptors (Lipinski definition) is 4. The van der Waals surface area contributed by atoms with Gasteiger partial charge in [0.05, 0.1) is 6.33 Å². The summed E-state index contributed by atoms with van der Waals surface area (Å²) >= 11 is 0. The van der Waals surface area contributed by atoms with Crippen molar-refractivity contribution in [2.45, 2.75) is 31.7 Å². The molecule has 6 heteroatoms. The number of nitrogens with one attached hydrogen (secondary N) is 1. The minimum Gasteiger partial charge on any atom is -0.323 e. The van der Waals surface area contributed by atoms with Crippen LogP contribution in [-0.2, 0) is 6.54 Å². The van der Waals surface area contributed by atoms with Crippen LogP contribution in [0.3, 0.4) is 0 Å². The molecule has 0 amide bonds. The summed E-state index contributed by atoms with van der Waals surface area (Å²) in [5, 5.41) is 8.09. The maximum Gasteiger partial charge on any atom is 0.246 e.